The van der Waals surface area contributed by atoms with Gasteiger partial charge in [0.15, 0.2) is 5.65 Å². The molecule has 0 fully saturated rings. The molecule has 0 radical (unpaired) electrons. The summed E-state index contributed by atoms with van der Waals surface area (Å²) in [5.74, 6) is 1.18. The lowest BCUT2D eigenvalue weighted by Crippen LogP contribution is -2.03. The molecule has 2 N–H and O–H groups in total. The Hall–Kier alpha value is -3.12. The van der Waals surface area contributed by atoms with Crippen LogP contribution >= 0.6 is 11.6 Å². The second kappa shape index (κ2) is 6.65. The molecule has 0 spiro atoms. The molecule has 2 aromatic heterocycles. The molecule has 4 rings (SSSR count). The Labute approximate surface area is 155 Å². The second-order valence-corrected chi connectivity index (χ2v) is 6.46. The maximum atomic E-state index is 5.96. The van der Waals surface area contributed by atoms with Crippen molar-refractivity contribution < 1.29 is 0 Å². The minimum Gasteiger partial charge on any atom is -0.339 e. The van der Waals surface area contributed by atoms with Crippen molar-refractivity contribution >= 4 is 45.8 Å². The Kier molecular flexibility index (Phi) is 4.18. The highest BCUT2D eigenvalue weighted by molar-refractivity contribution is 6.30. The number of halogens is 1. The fourth-order valence-corrected chi connectivity index (χ4v) is 2.82. The Morgan fingerprint density at radius 2 is 1.77 bits per heavy atom. The van der Waals surface area contributed by atoms with E-state index in [0.29, 0.717) is 16.8 Å². The molecule has 0 amide bonds. The van der Waals surface area contributed by atoms with Crippen LogP contribution in [0.4, 0.5) is 23.1 Å². The third-order valence-corrected chi connectivity index (χ3v) is 4.23. The third-order valence-electron chi connectivity index (χ3n) is 3.97. The van der Waals surface area contributed by atoms with Crippen molar-refractivity contribution in [2.45, 2.75) is 6.92 Å². The van der Waals surface area contributed by atoms with Gasteiger partial charge in [0.1, 0.15) is 5.82 Å². The van der Waals surface area contributed by atoms with E-state index in [4.69, 9.17) is 11.6 Å². The number of aromatic nitrogens is 4. The van der Waals surface area contributed by atoms with Gasteiger partial charge in [-0.25, -0.2) is 0 Å². The van der Waals surface area contributed by atoms with Crippen LogP contribution in [0.2, 0.25) is 5.02 Å². The molecule has 26 heavy (non-hydrogen) atoms. The van der Waals surface area contributed by atoms with Gasteiger partial charge in [0, 0.05) is 23.4 Å². The quantitative estimate of drug-likeness (QED) is 0.543. The van der Waals surface area contributed by atoms with Crippen LogP contribution in [0.1, 0.15) is 5.56 Å². The van der Waals surface area contributed by atoms with E-state index in [1.54, 1.807) is 10.9 Å². The number of rotatable bonds is 4. The molecule has 2 aromatic carbocycles. The number of nitrogens with zero attached hydrogens (tertiary/aromatic N) is 4. The zero-order valence-corrected chi connectivity index (χ0v) is 15.1. The minimum atomic E-state index is 0.503. The number of nitrogens with one attached hydrogen (secondary N) is 2. The van der Waals surface area contributed by atoms with Gasteiger partial charge in [-0.1, -0.05) is 23.7 Å². The lowest BCUT2D eigenvalue weighted by atomic mass is 10.2. The zero-order chi connectivity index (χ0) is 18.1. The highest BCUT2D eigenvalue weighted by atomic mass is 35.5. The summed E-state index contributed by atoms with van der Waals surface area (Å²) in [5.41, 5.74) is 3.73. The van der Waals surface area contributed by atoms with E-state index in [1.165, 1.54) is 0 Å². The lowest BCUT2D eigenvalue weighted by Gasteiger charge is -2.11. The monoisotopic (exact) mass is 364 g/mol. The molecule has 2 heterocycles. The van der Waals surface area contributed by atoms with Gasteiger partial charge in [-0.05, 0) is 48.9 Å². The van der Waals surface area contributed by atoms with Gasteiger partial charge >= 0.3 is 0 Å². The first-order valence-electron chi connectivity index (χ1n) is 8.14. The van der Waals surface area contributed by atoms with Crippen molar-refractivity contribution in [3.8, 4) is 0 Å². The van der Waals surface area contributed by atoms with Crippen molar-refractivity contribution in [2.24, 2.45) is 7.05 Å². The van der Waals surface area contributed by atoms with Crippen molar-refractivity contribution in [3.05, 3.63) is 65.3 Å². The molecule has 7 heteroatoms. The first-order chi connectivity index (χ1) is 12.6. The van der Waals surface area contributed by atoms with Crippen LogP contribution in [-0.2, 0) is 7.05 Å². The SMILES string of the molecule is Cc1cccc(Nc2nc(Nc3ccc(Cl)cc3)c3cnn(C)c3n2)c1. The van der Waals surface area contributed by atoms with Crippen LogP contribution in [0.3, 0.4) is 0 Å². The van der Waals surface area contributed by atoms with Crippen molar-refractivity contribution in [1.82, 2.24) is 19.7 Å². The lowest BCUT2D eigenvalue weighted by molar-refractivity contribution is 0.786. The van der Waals surface area contributed by atoms with Gasteiger partial charge in [0.25, 0.3) is 0 Å². The Bertz CT molecular complexity index is 1070. The maximum Gasteiger partial charge on any atom is 0.231 e. The molecule has 0 aliphatic carbocycles. The van der Waals surface area contributed by atoms with Crippen molar-refractivity contribution in [1.29, 1.82) is 0 Å². The molecule has 0 unspecified atom stereocenters. The fourth-order valence-electron chi connectivity index (χ4n) is 2.70. The predicted octanol–water partition coefficient (Wildman–Crippen LogP) is 4.81. The molecule has 0 aliphatic rings. The van der Waals surface area contributed by atoms with E-state index in [0.717, 1.165) is 28.0 Å². The fraction of sp³-hybridized carbons (Fsp3) is 0.105. The highest BCUT2D eigenvalue weighted by Crippen LogP contribution is 2.26. The largest absolute Gasteiger partial charge is 0.339 e. The smallest absolute Gasteiger partial charge is 0.231 e. The molecule has 0 saturated heterocycles. The van der Waals surface area contributed by atoms with Crippen LogP contribution in [0.5, 0.6) is 0 Å². The van der Waals surface area contributed by atoms with Crippen molar-refractivity contribution in [2.75, 3.05) is 10.6 Å². The van der Waals surface area contributed by atoms with Crippen LogP contribution in [0, 0.1) is 6.92 Å². The van der Waals surface area contributed by atoms with E-state index in [-0.39, 0.29) is 0 Å². The number of benzene rings is 2. The predicted molar refractivity (Wildman–Crippen MR) is 106 cm³/mol. The first kappa shape index (κ1) is 16.4. The molecule has 0 bridgehead atoms. The van der Waals surface area contributed by atoms with E-state index in [9.17, 15) is 0 Å². The standard InChI is InChI=1S/C19H17ClN6/c1-12-4-3-5-15(10-12)23-19-24-17(16-11-21-26(2)18(16)25-19)22-14-8-6-13(20)7-9-14/h3-11H,1-2H3,(H2,22,23,24,25). The maximum absolute atomic E-state index is 5.96. The summed E-state index contributed by atoms with van der Waals surface area (Å²) in [6, 6.07) is 15.5. The molecule has 0 saturated carbocycles. The van der Waals surface area contributed by atoms with E-state index in [2.05, 4.69) is 25.7 Å². The second-order valence-electron chi connectivity index (χ2n) is 6.03. The average molecular weight is 365 g/mol. The van der Waals surface area contributed by atoms with Gasteiger partial charge in [-0.2, -0.15) is 15.1 Å². The molecule has 130 valence electrons. The zero-order valence-electron chi connectivity index (χ0n) is 14.4. The summed E-state index contributed by atoms with van der Waals surface area (Å²) in [6.45, 7) is 2.05. The van der Waals surface area contributed by atoms with Crippen molar-refractivity contribution in [3.63, 3.8) is 0 Å². The number of hydrogen-bond donors (Lipinski definition) is 2. The molecular weight excluding hydrogens is 348 g/mol. The normalized spacial score (nSPS) is 10.9. The van der Waals surface area contributed by atoms with Gasteiger partial charge in [0.05, 0.1) is 11.6 Å². The van der Waals surface area contributed by atoms with Crippen LogP contribution in [0.25, 0.3) is 11.0 Å². The number of hydrogen-bond acceptors (Lipinski definition) is 5. The van der Waals surface area contributed by atoms with E-state index < -0.39 is 0 Å². The first-order valence-corrected chi connectivity index (χ1v) is 8.52. The minimum absolute atomic E-state index is 0.503. The average Bonchev–Trinajstić information content (AvgIpc) is 2.98. The molecule has 4 aromatic rings. The third kappa shape index (κ3) is 3.32. The highest BCUT2D eigenvalue weighted by Gasteiger charge is 2.12. The van der Waals surface area contributed by atoms with Gasteiger partial charge in [-0.3, -0.25) is 4.68 Å². The Morgan fingerprint density at radius 1 is 0.962 bits per heavy atom. The number of aryl methyl sites for hydroxylation is 2. The van der Waals surface area contributed by atoms with Crippen LogP contribution in [-0.4, -0.2) is 19.7 Å². The summed E-state index contributed by atoms with van der Waals surface area (Å²) in [4.78, 5) is 9.23. The molecule has 0 atom stereocenters. The van der Waals surface area contributed by atoms with Crippen LogP contribution in [0.15, 0.2) is 54.7 Å². The number of anilines is 4. The van der Waals surface area contributed by atoms with Crippen LogP contribution < -0.4 is 10.6 Å². The molecular formula is C19H17ClN6. The van der Waals surface area contributed by atoms with E-state index in [1.807, 2.05) is 62.5 Å². The topological polar surface area (TPSA) is 67.7 Å². The summed E-state index contributed by atoms with van der Waals surface area (Å²) in [5, 5.41) is 12.4. The van der Waals surface area contributed by atoms with Gasteiger partial charge in [0.2, 0.25) is 5.95 Å². The number of fused-ring (bicyclic) bond motifs is 1. The Balaban J connectivity index is 1.74. The van der Waals surface area contributed by atoms with E-state index >= 15 is 0 Å². The summed E-state index contributed by atoms with van der Waals surface area (Å²) >= 11 is 5.96. The Morgan fingerprint density at radius 3 is 2.54 bits per heavy atom. The molecule has 6 nitrogen and oxygen atoms in total. The van der Waals surface area contributed by atoms with Gasteiger partial charge in [-0.15, -0.1) is 0 Å². The summed E-state index contributed by atoms with van der Waals surface area (Å²) in [6.07, 6.45) is 1.75. The van der Waals surface area contributed by atoms with Gasteiger partial charge < -0.3 is 10.6 Å². The summed E-state index contributed by atoms with van der Waals surface area (Å²) in [7, 11) is 1.86. The molecule has 0 aliphatic heterocycles. The summed E-state index contributed by atoms with van der Waals surface area (Å²) < 4.78 is 1.73.